The molecule has 1 rings (SSSR count). The summed E-state index contributed by atoms with van der Waals surface area (Å²) in [5, 5.41) is 7.89. The van der Waals surface area contributed by atoms with Crippen molar-refractivity contribution >= 4 is 16.8 Å². The minimum atomic E-state index is -3.02. The molecule has 14 heavy (non-hydrogen) atoms. The highest BCUT2D eigenvalue weighted by Crippen LogP contribution is 2.18. The molecular formula is C7H4ClF2NO3. The van der Waals surface area contributed by atoms with Gasteiger partial charge in [0.05, 0.1) is 5.56 Å². The smallest absolute Gasteiger partial charge is 0.272 e. The Labute approximate surface area is 81.1 Å². The van der Waals surface area contributed by atoms with Crippen LogP contribution in [-0.2, 0) is 0 Å². The van der Waals surface area contributed by atoms with Gasteiger partial charge in [-0.15, -0.1) is 0 Å². The van der Waals surface area contributed by atoms with Gasteiger partial charge in [0.25, 0.3) is 11.7 Å². The zero-order valence-corrected chi connectivity index (χ0v) is 7.31. The van der Waals surface area contributed by atoms with Crippen molar-refractivity contribution in [1.29, 1.82) is 0 Å². The molecule has 0 aliphatic rings. The second-order valence-electron chi connectivity index (χ2n) is 2.37. The number of carbonyl (C=O) groups is 1. The van der Waals surface area contributed by atoms with Gasteiger partial charge in [0, 0.05) is 6.20 Å². The van der Waals surface area contributed by atoms with Crippen molar-refractivity contribution in [3.63, 3.8) is 0 Å². The third kappa shape index (κ3) is 1.74. The summed E-state index contributed by atoms with van der Waals surface area (Å²) in [6.07, 6.45) is -2.38. The molecule has 0 amide bonds. The van der Waals surface area contributed by atoms with Crippen molar-refractivity contribution in [2.75, 3.05) is 0 Å². The number of nitrogens with one attached hydrogen (secondary N) is 1. The third-order valence-electron chi connectivity index (χ3n) is 1.52. The highest BCUT2D eigenvalue weighted by atomic mass is 35.5. The fraction of sp³-hybridized carbons (Fsp3) is 0.143. The molecule has 0 fully saturated rings. The second kappa shape index (κ2) is 3.75. The number of H-pyrrole nitrogens is 1. The Kier molecular flexibility index (Phi) is 2.85. The second-order valence-corrected chi connectivity index (χ2v) is 2.71. The molecule has 4 nitrogen and oxygen atoms in total. The predicted octanol–water partition coefficient (Wildman–Crippen LogP) is 1.40. The molecule has 0 unspecified atom stereocenters. The van der Waals surface area contributed by atoms with Crippen molar-refractivity contribution < 1.29 is 18.7 Å². The van der Waals surface area contributed by atoms with E-state index in [1.165, 1.54) is 0 Å². The van der Waals surface area contributed by atoms with Gasteiger partial charge in [0.1, 0.15) is 5.69 Å². The first-order valence-corrected chi connectivity index (χ1v) is 3.75. The van der Waals surface area contributed by atoms with Gasteiger partial charge >= 0.3 is 0 Å². The molecule has 0 aliphatic heterocycles. The number of aromatic nitrogens is 1. The maximum atomic E-state index is 12.1. The SMILES string of the molecule is O=C(Cl)c1[nH]cc(C(F)F)c(=O)c1O. The largest absolute Gasteiger partial charge is 0.503 e. The molecule has 1 aromatic heterocycles. The molecule has 0 radical (unpaired) electrons. The minimum Gasteiger partial charge on any atom is -0.503 e. The summed E-state index contributed by atoms with van der Waals surface area (Å²) >= 11 is 4.96. The maximum absolute atomic E-state index is 12.1. The van der Waals surface area contributed by atoms with E-state index in [2.05, 4.69) is 0 Å². The molecule has 2 N–H and O–H groups in total. The molecule has 76 valence electrons. The van der Waals surface area contributed by atoms with E-state index in [0.29, 0.717) is 6.20 Å². The quantitative estimate of drug-likeness (QED) is 0.745. The summed E-state index contributed by atoms with van der Waals surface area (Å²) in [6.45, 7) is 0. The van der Waals surface area contributed by atoms with Crippen LogP contribution < -0.4 is 5.43 Å². The third-order valence-corrected chi connectivity index (χ3v) is 1.71. The molecule has 0 saturated heterocycles. The summed E-state index contributed by atoms with van der Waals surface area (Å²) in [6, 6.07) is 0. The minimum absolute atomic E-state index is 0.596. The molecular weight excluding hydrogens is 220 g/mol. The van der Waals surface area contributed by atoms with Crippen LogP contribution in [0, 0.1) is 0 Å². The van der Waals surface area contributed by atoms with Crippen molar-refractivity contribution in [3.8, 4) is 5.75 Å². The number of halogens is 3. The van der Waals surface area contributed by atoms with Crippen LogP contribution in [0.15, 0.2) is 11.0 Å². The Morgan fingerprint density at radius 1 is 1.57 bits per heavy atom. The molecule has 0 aliphatic carbocycles. The molecule has 1 heterocycles. The summed E-state index contributed by atoms with van der Waals surface area (Å²) in [5.41, 5.74) is -2.81. The number of hydrogen-bond donors (Lipinski definition) is 2. The van der Waals surface area contributed by atoms with E-state index in [9.17, 15) is 18.4 Å². The Morgan fingerprint density at radius 3 is 2.57 bits per heavy atom. The Hall–Kier alpha value is -1.43. The molecule has 1 aromatic rings. The summed E-state index contributed by atoms with van der Waals surface area (Å²) in [4.78, 5) is 23.5. The molecule has 0 aromatic carbocycles. The molecule has 0 atom stereocenters. The lowest BCUT2D eigenvalue weighted by atomic mass is 10.2. The van der Waals surface area contributed by atoms with Crippen LogP contribution in [-0.4, -0.2) is 15.3 Å². The molecule has 0 spiro atoms. The van der Waals surface area contributed by atoms with Crippen LogP contribution in [0.4, 0.5) is 8.78 Å². The summed E-state index contributed by atoms with van der Waals surface area (Å²) in [7, 11) is 0. The lowest BCUT2D eigenvalue weighted by Gasteiger charge is -2.02. The normalized spacial score (nSPS) is 10.6. The number of rotatable bonds is 2. The average Bonchev–Trinajstić information content (AvgIpc) is 2.08. The van der Waals surface area contributed by atoms with Gasteiger partial charge in [0.2, 0.25) is 5.43 Å². The molecule has 0 bridgehead atoms. The van der Waals surface area contributed by atoms with Gasteiger partial charge in [0.15, 0.2) is 5.75 Å². The van der Waals surface area contributed by atoms with Crippen molar-refractivity contribution in [2.24, 2.45) is 0 Å². The first kappa shape index (κ1) is 10.6. The van der Waals surface area contributed by atoms with Crippen molar-refractivity contribution in [3.05, 3.63) is 27.7 Å². The lowest BCUT2D eigenvalue weighted by Crippen LogP contribution is -2.13. The van der Waals surface area contributed by atoms with Gasteiger partial charge in [-0.1, -0.05) is 0 Å². The fourth-order valence-corrected chi connectivity index (χ4v) is 0.990. The van der Waals surface area contributed by atoms with E-state index in [4.69, 9.17) is 16.7 Å². The van der Waals surface area contributed by atoms with E-state index in [1.807, 2.05) is 4.98 Å². The average molecular weight is 224 g/mol. The van der Waals surface area contributed by atoms with E-state index >= 15 is 0 Å². The number of hydrogen-bond acceptors (Lipinski definition) is 3. The molecule has 7 heteroatoms. The maximum Gasteiger partial charge on any atom is 0.272 e. The summed E-state index contributed by atoms with van der Waals surface area (Å²) < 4.78 is 24.2. The highest BCUT2D eigenvalue weighted by molar-refractivity contribution is 6.67. The number of aromatic hydroxyl groups is 1. The van der Waals surface area contributed by atoms with Gasteiger partial charge < -0.3 is 10.1 Å². The van der Waals surface area contributed by atoms with Crippen LogP contribution in [0.3, 0.4) is 0 Å². The zero-order chi connectivity index (χ0) is 10.9. The van der Waals surface area contributed by atoms with Gasteiger partial charge in [-0.05, 0) is 11.6 Å². The Balaban J connectivity index is 3.42. The van der Waals surface area contributed by atoms with Gasteiger partial charge in [-0.3, -0.25) is 9.59 Å². The van der Waals surface area contributed by atoms with Crippen LogP contribution in [0.2, 0.25) is 0 Å². The monoisotopic (exact) mass is 223 g/mol. The molecule has 0 saturated carbocycles. The van der Waals surface area contributed by atoms with E-state index < -0.39 is 34.1 Å². The predicted molar refractivity (Wildman–Crippen MR) is 43.9 cm³/mol. The van der Waals surface area contributed by atoms with Gasteiger partial charge in [-0.25, -0.2) is 8.78 Å². The van der Waals surface area contributed by atoms with Crippen LogP contribution in [0.25, 0.3) is 0 Å². The lowest BCUT2D eigenvalue weighted by molar-refractivity contribution is 0.107. The number of carbonyl (C=O) groups excluding carboxylic acids is 1. The summed E-state index contributed by atoms with van der Waals surface area (Å²) in [5.74, 6) is -1.09. The number of pyridine rings is 1. The zero-order valence-electron chi connectivity index (χ0n) is 6.55. The Bertz CT molecular complexity index is 429. The van der Waals surface area contributed by atoms with Crippen molar-refractivity contribution in [2.45, 2.75) is 6.43 Å². The van der Waals surface area contributed by atoms with Gasteiger partial charge in [-0.2, -0.15) is 0 Å². The fourth-order valence-electron chi connectivity index (χ4n) is 0.846. The number of aromatic amines is 1. The van der Waals surface area contributed by atoms with Crippen LogP contribution in [0.5, 0.6) is 5.75 Å². The topological polar surface area (TPSA) is 70.2 Å². The van der Waals surface area contributed by atoms with E-state index in [-0.39, 0.29) is 0 Å². The van der Waals surface area contributed by atoms with E-state index in [1.54, 1.807) is 0 Å². The Morgan fingerprint density at radius 2 is 2.14 bits per heavy atom. The first-order chi connectivity index (χ1) is 6.45. The highest BCUT2D eigenvalue weighted by Gasteiger charge is 2.19. The van der Waals surface area contributed by atoms with Crippen molar-refractivity contribution in [1.82, 2.24) is 4.98 Å². The number of alkyl halides is 2. The first-order valence-electron chi connectivity index (χ1n) is 3.37. The van der Waals surface area contributed by atoms with Crippen LogP contribution >= 0.6 is 11.6 Å². The van der Waals surface area contributed by atoms with Crippen LogP contribution in [0.1, 0.15) is 22.5 Å². The standard InChI is InChI=1S/C7H4ClF2NO3/c8-6(14)3-5(13)4(12)2(1-11-3)7(9)10/h1,7,13H,(H,11,12). The van der Waals surface area contributed by atoms with E-state index in [0.717, 1.165) is 0 Å².